The van der Waals surface area contributed by atoms with Crippen molar-refractivity contribution in [1.82, 2.24) is 0 Å². The van der Waals surface area contributed by atoms with E-state index in [9.17, 15) is 9.59 Å². The fourth-order valence-corrected chi connectivity index (χ4v) is 2.73. The lowest BCUT2D eigenvalue weighted by Gasteiger charge is -2.21. The highest BCUT2D eigenvalue weighted by Crippen LogP contribution is 2.18. The monoisotopic (exact) mass is 369 g/mol. The summed E-state index contributed by atoms with van der Waals surface area (Å²) in [5, 5.41) is 5.85. The number of carbonyl (C=O) groups is 2. The first-order valence-electron chi connectivity index (χ1n) is 9.23. The highest BCUT2D eigenvalue weighted by Gasteiger charge is 2.13. The third kappa shape index (κ3) is 5.74. The number of nitrogens with zero attached hydrogens (tertiary/aromatic N) is 1. The SMILES string of the molecule is CCOC(=O)c1ccccc1NC(=O)CNc1ccc(N(CC)CC)cc1. The van der Waals surface area contributed by atoms with Gasteiger partial charge in [0.2, 0.25) is 5.91 Å². The average molecular weight is 369 g/mol. The minimum absolute atomic E-state index is 0.0990. The molecule has 1 amide bonds. The van der Waals surface area contributed by atoms with Crippen LogP contribution in [-0.2, 0) is 9.53 Å². The average Bonchev–Trinajstić information content (AvgIpc) is 2.69. The first-order valence-corrected chi connectivity index (χ1v) is 9.23. The van der Waals surface area contributed by atoms with Crippen molar-refractivity contribution in [3.8, 4) is 0 Å². The zero-order valence-corrected chi connectivity index (χ0v) is 16.1. The predicted octanol–water partition coefficient (Wildman–Crippen LogP) is 3.76. The Morgan fingerprint density at radius 2 is 1.63 bits per heavy atom. The van der Waals surface area contributed by atoms with Gasteiger partial charge in [0, 0.05) is 24.5 Å². The van der Waals surface area contributed by atoms with Gasteiger partial charge in [-0.15, -0.1) is 0 Å². The first kappa shape index (κ1) is 20.3. The summed E-state index contributed by atoms with van der Waals surface area (Å²) in [6, 6.07) is 14.8. The number of ether oxygens (including phenoxy) is 1. The summed E-state index contributed by atoms with van der Waals surface area (Å²) in [5.74, 6) is -0.687. The Morgan fingerprint density at radius 3 is 2.26 bits per heavy atom. The van der Waals surface area contributed by atoms with Crippen LogP contribution in [0, 0.1) is 0 Å². The van der Waals surface area contributed by atoms with E-state index in [1.165, 1.54) is 0 Å². The van der Waals surface area contributed by atoms with E-state index < -0.39 is 5.97 Å². The van der Waals surface area contributed by atoms with E-state index in [-0.39, 0.29) is 19.1 Å². The van der Waals surface area contributed by atoms with Gasteiger partial charge in [-0.25, -0.2) is 4.79 Å². The summed E-state index contributed by atoms with van der Waals surface area (Å²) < 4.78 is 5.02. The zero-order chi connectivity index (χ0) is 19.6. The molecule has 0 heterocycles. The van der Waals surface area contributed by atoms with Crippen LogP contribution >= 0.6 is 0 Å². The van der Waals surface area contributed by atoms with E-state index in [4.69, 9.17) is 4.74 Å². The summed E-state index contributed by atoms with van der Waals surface area (Å²) >= 11 is 0. The molecular formula is C21H27N3O3. The molecule has 0 bridgehead atoms. The van der Waals surface area contributed by atoms with Crippen molar-refractivity contribution in [1.29, 1.82) is 0 Å². The quantitative estimate of drug-likeness (QED) is 0.659. The molecule has 6 heteroatoms. The van der Waals surface area contributed by atoms with Crippen molar-refractivity contribution < 1.29 is 14.3 Å². The second-order valence-corrected chi connectivity index (χ2v) is 5.89. The highest BCUT2D eigenvalue weighted by molar-refractivity contribution is 6.02. The molecule has 0 atom stereocenters. The van der Waals surface area contributed by atoms with Crippen LogP contribution in [0.1, 0.15) is 31.1 Å². The Balaban J connectivity index is 1.94. The van der Waals surface area contributed by atoms with Gasteiger partial charge in [-0.2, -0.15) is 0 Å². The molecule has 0 radical (unpaired) electrons. The van der Waals surface area contributed by atoms with Crippen LogP contribution < -0.4 is 15.5 Å². The standard InChI is InChI=1S/C21H27N3O3/c1-4-24(5-2)17-13-11-16(12-14-17)22-15-20(25)23-19-10-8-7-9-18(19)21(26)27-6-3/h7-14,22H,4-6,15H2,1-3H3,(H,23,25). The molecule has 27 heavy (non-hydrogen) atoms. The van der Waals surface area contributed by atoms with E-state index in [2.05, 4.69) is 29.4 Å². The summed E-state index contributed by atoms with van der Waals surface area (Å²) in [7, 11) is 0. The van der Waals surface area contributed by atoms with Crippen molar-refractivity contribution in [2.75, 3.05) is 41.8 Å². The third-order valence-corrected chi connectivity index (χ3v) is 4.15. The molecule has 0 fully saturated rings. The molecule has 0 aromatic heterocycles. The van der Waals surface area contributed by atoms with E-state index in [1.54, 1.807) is 31.2 Å². The number of benzene rings is 2. The molecule has 144 valence electrons. The molecule has 0 spiro atoms. The van der Waals surface area contributed by atoms with Crippen LogP contribution in [0.4, 0.5) is 17.1 Å². The number of hydrogen-bond donors (Lipinski definition) is 2. The molecule has 2 rings (SSSR count). The molecule has 0 saturated heterocycles. The summed E-state index contributed by atoms with van der Waals surface area (Å²) in [6.45, 7) is 8.27. The molecule has 0 aliphatic rings. The van der Waals surface area contributed by atoms with Crippen molar-refractivity contribution in [3.05, 3.63) is 54.1 Å². The summed E-state index contributed by atoms with van der Waals surface area (Å²) in [4.78, 5) is 26.5. The number of esters is 1. The maximum Gasteiger partial charge on any atom is 0.340 e. The van der Waals surface area contributed by atoms with Gasteiger partial charge in [-0.1, -0.05) is 12.1 Å². The minimum atomic E-state index is -0.451. The lowest BCUT2D eigenvalue weighted by molar-refractivity contribution is -0.114. The van der Waals surface area contributed by atoms with Crippen molar-refractivity contribution >= 4 is 28.9 Å². The van der Waals surface area contributed by atoms with Gasteiger partial charge in [-0.3, -0.25) is 4.79 Å². The number of amides is 1. The number of rotatable bonds is 9. The zero-order valence-electron chi connectivity index (χ0n) is 16.1. The number of carbonyl (C=O) groups excluding carboxylic acids is 2. The Labute approximate surface area is 160 Å². The molecule has 0 unspecified atom stereocenters. The van der Waals surface area contributed by atoms with Crippen LogP contribution in [0.15, 0.2) is 48.5 Å². The second kappa shape index (κ2) is 10.2. The Morgan fingerprint density at radius 1 is 0.963 bits per heavy atom. The van der Waals surface area contributed by atoms with Crippen LogP contribution in [0.3, 0.4) is 0 Å². The maximum atomic E-state index is 12.3. The van der Waals surface area contributed by atoms with E-state index in [1.807, 2.05) is 24.3 Å². The van der Waals surface area contributed by atoms with Crippen LogP contribution in [0.5, 0.6) is 0 Å². The van der Waals surface area contributed by atoms with Gasteiger partial charge < -0.3 is 20.3 Å². The number of para-hydroxylation sites is 1. The van der Waals surface area contributed by atoms with Gasteiger partial charge in [0.15, 0.2) is 0 Å². The van der Waals surface area contributed by atoms with Gasteiger partial charge in [0.05, 0.1) is 24.4 Å². The molecule has 2 aromatic carbocycles. The van der Waals surface area contributed by atoms with Crippen molar-refractivity contribution in [3.63, 3.8) is 0 Å². The molecule has 0 aliphatic heterocycles. The molecule has 2 aromatic rings. The normalized spacial score (nSPS) is 10.2. The van der Waals surface area contributed by atoms with E-state index in [0.717, 1.165) is 24.5 Å². The van der Waals surface area contributed by atoms with Gasteiger partial charge in [0.1, 0.15) is 0 Å². The van der Waals surface area contributed by atoms with Gasteiger partial charge >= 0.3 is 5.97 Å². The van der Waals surface area contributed by atoms with Crippen LogP contribution in [0.25, 0.3) is 0 Å². The van der Waals surface area contributed by atoms with E-state index >= 15 is 0 Å². The molecule has 0 saturated carbocycles. The summed E-state index contributed by atoms with van der Waals surface area (Å²) in [6.07, 6.45) is 0. The second-order valence-electron chi connectivity index (χ2n) is 5.89. The van der Waals surface area contributed by atoms with Crippen LogP contribution in [-0.4, -0.2) is 38.1 Å². The van der Waals surface area contributed by atoms with E-state index in [0.29, 0.717) is 11.3 Å². The molecule has 2 N–H and O–H groups in total. The first-order chi connectivity index (χ1) is 13.1. The fourth-order valence-electron chi connectivity index (χ4n) is 2.73. The lowest BCUT2D eigenvalue weighted by atomic mass is 10.2. The molecule has 6 nitrogen and oxygen atoms in total. The van der Waals surface area contributed by atoms with Crippen molar-refractivity contribution in [2.24, 2.45) is 0 Å². The Kier molecular flexibility index (Phi) is 7.67. The number of hydrogen-bond acceptors (Lipinski definition) is 5. The van der Waals surface area contributed by atoms with Crippen LogP contribution in [0.2, 0.25) is 0 Å². The third-order valence-electron chi connectivity index (χ3n) is 4.15. The number of anilines is 3. The Hall–Kier alpha value is -3.02. The van der Waals surface area contributed by atoms with Crippen molar-refractivity contribution in [2.45, 2.75) is 20.8 Å². The lowest BCUT2D eigenvalue weighted by Crippen LogP contribution is -2.23. The number of nitrogens with one attached hydrogen (secondary N) is 2. The summed E-state index contributed by atoms with van der Waals surface area (Å²) in [5.41, 5.74) is 2.80. The highest BCUT2D eigenvalue weighted by atomic mass is 16.5. The fraction of sp³-hybridized carbons (Fsp3) is 0.333. The Bertz CT molecular complexity index is 756. The largest absolute Gasteiger partial charge is 0.462 e. The predicted molar refractivity (Wildman–Crippen MR) is 110 cm³/mol. The van der Waals surface area contributed by atoms with Gasteiger partial charge in [0.25, 0.3) is 0 Å². The topological polar surface area (TPSA) is 70.7 Å². The molecular weight excluding hydrogens is 342 g/mol. The molecule has 0 aliphatic carbocycles. The van der Waals surface area contributed by atoms with Gasteiger partial charge in [-0.05, 0) is 57.2 Å². The smallest absolute Gasteiger partial charge is 0.340 e. The maximum absolute atomic E-state index is 12.3. The minimum Gasteiger partial charge on any atom is -0.462 e.